The molecule has 0 radical (unpaired) electrons. The number of nitrogens with zero attached hydrogens (tertiary/aromatic N) is 2. The molecule has 4 rings (SSSR count). The van der Waals surface area contributed by atoms with E-state index in [4.69, 9.17) is 14.2 Å². The lowest BCUT2D eigenvalue weighted by atomic mass is 10.1. The number of aliphatic imine (C=N–C) groups is 1. The van der Waals surface area contributed by atoms with Crippen molar-refractivity contribution in [2.45, 2.75) is 13.3 Å². The second-order valence-electron chi connectivity index (χ2n) is 7.55. The van der Waals surface area contributed by atoms with E-state index in [1.165, 1.54) is 24.3 Å². The molecular formula is C26H22N2O6. The first-order valence-corrected chi connectivity index (χ1v) is 10.7. The second kappa shape index (κ2) is 10.4. The van der Waals surface area contributed by atoms with Crippen molar-refractivity contribution in [1.29, 1.82) is 0 Å². The topological polar surface area (TPSA) is 100 Å². The lowest BCUT2D eigenvalue weighted by Crippen LogP contribution is -2.06. The number of non-ortho nitro benzene ring substituents is 1. The highest BCUT2D eigenvalue weighted by atomic mass is 16.6. The van der Waals surface area contributed by atoms with E-state index in [9.17, 15) is 14.9 Å². The summed E-state index contributed by atoms with van der Waals surface area (Å²) in [5.74, 6) is 0.714. The van der Waals surface area contributed by atoms with Crippen LogP contribution < -0.4 is 9.47 Å². The van der Waals surface area contributed by atoms with Crippen LogP contribution in [0.4, 0.5) is 5.69 Å². The molecule has 0 N–H and O–H groups in total. The quantitative estimate of drug-likeness (QED) is 0.145. The summed E-state index contributed by atoms with van der Waals surface area (Å²) >= 11 is 0. The van der Waals surface area contributed by atoms with E-state index >= 15 is 0 Å². The van der Waals surface area contributed by atoms with Crippen molar-refractivity contribution >= 4 is 23.6 Å². The maximum Gasteiger partial charge on any atom is 0.363 e. The first-order chi connectivity index (χ1) is 16.5. The number of ether oxygens (including phenoxy) is 3. The zero-order valence-corrected chi connectivity index (χ0v) is 18.5. The largest absolute Gasteiger partial charge is 0.493 e. The second-order valence-corrected chi connectivity index (χ2v) is 7.55. The molecular weight excluding hydrogens is 436 g/mol. The Morgan fingerprint density at radius 1 is 1.00 bits per heavy atom. The van der Waals surface area contributed by atoms with Crippen molar-refractivity contribution < 1.29 is 23.9 Å². The van der Waals surface area contributed by atoms with Crippen LogP contribution in [0.5, 0.6) is 11.5 Å². The van der Waals surface area contributed by atoms with Crippen molar-refractivity contribution in [2.24, 2.45) is 4.99 Å². The van der Waals surface area contributed by atoms with Gasteiger partial charge in [-0.1, -0.05) is 35.9 Å². The minimum Gasteiger partial charge on any atom is -0.493 e. The number of para-hydroxylation sites is 1. The highest BCUT2D eigenvalue weighted by Gasteiger charge is 2.25. The Balaban J connectivity index is 1.50. The Labute approximate surface area is 196 Å². The van der Waals surface area contributed by atoms with Crippen molar-refractivity contribution in [2.75, 3.05) is 13.2 Å². The summed E-state index contributed by atoms with van der Waals surface area (Å²) in [5, 5.41) is 11.3. The number of nitro groups is 1. The lowest BCUT2D eigenvalue weighted by molar-refractivity contribution is -0.384. The number of nitro benzene ring substituents is 1. The number of aryl methyl sites for hydroxylation is 1. The molecule has 0 unspecified atom stereocenters. The van der Waals surface area contributed by atoms with Crippen LogP contribution in [0.3, 0.4) is 0 Å². The summed E-state index contributed by atoms with van der Waals surface area (Å²) < 4.78 is 16.8. The van der Waals surface area contributed by atoms with Crippen molar-refractivity contribution in [3.63, 3.8) is 0 Å². The molecule has 0 amide bonds. The molecule has 0 aliphatic carbocycles. The molecule has 8 nitrogen and oxygen atoms in total. The molecule has 0 saturated carbocycles. The van der Waals surface area contributed by atoms with Gasteiger partial charge < -0.3 is 14.2 Å². The summed E-state index contributed by atoms with van der Waals surface area (Å²) in [5.41, 5.74) is 1.94. The summed E-state index contributed by atoms with van der Waals surface area (Å²) in [4.78, 5) is 27.5. The summed E-state index contributed by atoms with van der Waals surface area (Å²) in [7, 11) is 0. The number of carbonyl (C=O) groups is 1. The van der Waals surface area contributed by atoms with Gasteiger partial charge in [0.05, 0.1) is 18.1 Å². The van der Waals surface area contributed by atoms with Gasteiger partial charge in [-0.15, -0.1) is 0 Å². The van der Waals surface area contributed by atoms with Crippen LogP contribution in [0, 0.1) is 17.0 Å². The van der Waals surface area contributed by atoms with Crippen LogP contribution in [-0.2, 0) is 9.53 Å². The fraction of sp³-hybridized carbons (Fsp3) is 0.154. The van der Waals surface area contributed by atoms with E-state index in [-0.39, 0.29) is 17.3 Å². The third-order valence-corrected chi connectivity index (χ3v) is 4.94. The van der Waals surface area contributed by atoms with E-state index in [2.05, 4.69) is 4.99 Å². The van der Waals surface area contributed by atoms with Gasteiger partial charge in [0.1, 0.15) is 11.5 Å². The predicted molar refractivity (Wildman–Crippen MR) is 127 cm³/mol. The molecule has 1 aliphatic heterocycles. The number of hydrogen-bond acceptors (Lipinski definition) is 7. The SMILES string of the molecule is Cc1cccc(C2=NC(=Cc3cc([N+](=O)[O-])ccc3OCCCOc3ccccc3)C(=O)O2)c1. The fourth-order valence-electron chi connectivity index (χ4n) is 3.30. The number of carbonyl (C=O) groups excluding carboxylic acids is 1. The Kier molecular flexibility index (Phi) is 6.98. The van der Waals surface area contributed by atoms with Crippen molar-refractivity contribution in [3.05, 3.63) is 105 Å². The highest BCUT2D eigenvalue weighted by molar-refractivity contribution is 6.13. The van der Waals surface area contributed by atoms with Gasteiger partial charge in [-0.3, -0.25) is 10.1 Å². The summed E-state index contributed by atoms with van der Waals surface area (Å²) in [6.45, 7) is 2.70. The summed E-state index contributed by atoms with van der Waals surface area (Å²) in [6, 6.07) is 21.1. The molecule has 0 aromatic heterocycles. The number of esters is 1. The number of cyclic esters (lactones) is 1. The fourth-order valence-corrected chi connectivity index (χ4v) is 3.30. The molecule has 0 spiro atoms. The van der Waals surface area contributed by atoms with Gasteiger partial charge in [0.2, 0.25) is 5.90 Å². The van der Waals surface area contributed by atoms with Gasteiger partial charge in [0.15, 0.2) is 5.70 Å². The molecule has 0 atom stereocenters. The van der Waals surface area contributed by atoms with E-state index in [0.717, 1.165) is 11.3 Å². The molecule has 0 saturated heterocycles. The maximum absolute atomic E-state index is 12.4. The van der Waals surface area contributed by atoms with Gasteiger partial charge in [-0.05, 0) is 43.3 Å². The Hall–Kier alpha value is -4.46. The number of hydrogen-bond donors (Lipinski definition) is 0. The van der Waals surface area contributed by atoms with Gasteiger partial charge in [0.25, 0.3) is 5.69 Å². The number of benzene rings is 3. The van der Waals surface area contributed by atoms with E-state index in [1.54, 1.807) is 6.07 Å². The van der Waals surface area contributed by atoms with E-state index in [0.29, 0.717) is 36.5 Å². The zero-order chi connectivity index (χ0) is 23.9. The average molecular weight is 458 g/mol. The molecule has 3 aromatic carbocycles. The molecule has 34 heavy (non-hydrogen) atoms. The molecule has 172 valence electrons. The van der Waals surface area contributed by atoms with Crippen molar-refractivity contribution in [1.82, 2.24) is 0 Å². The van der Waals surface area contributed by atoms with Crippen LogP contribution in [-0.4, -0.2) is 30.0 Å². The Morgan fingerprint density at radius 2 is 1.79 bits per heavy atom. The first-order valence-electron chi connectivity index (χ1n) is 10.7. The van der Waals surface area contributed by atoms with Gasteiger partial charge >= 0.3 is 5.97 Å². The van der Waals surface area contributed by atoms with Crippen LogP contribution in [0.25, 0.3) is 6.08 Å². The third kappa shape index (κ3) is 5.66. The first kappa shape index (κ1) is 22.7. The van der Waals surface area contributed by atoms with Crippen LogP contribution >= 0.6 is 0 Å². The van der Waals surface area contributed by atoms with Crippen LogP contribution in [0.15, 0.2) is 83.5 Å². The van der Waals surface area contributed by atoms with Crippen LogP contribution in [0.1, 0.15) is 23.1 Å². The standard InChI is InChI=1S/C26H22N2O6/c1-18-7-5-8-19(15-18)25-27-23(26(29)34-25)17-20-16-21(28(30)31)11-12-24(20)33-14-6-13-32-22-9-3-2-4-10-22/h2-5,7-12,15-17H,6,13-14H2,1H3. The van der Waals surface area contributed by atoms with Gasteiger partial charge in [-0.2, -0.15) is 0 Å². The number of rotatable bonds is 9. The van der Waals surface area contributed by atoms with E-state index < -0.39 is 10.9 Å². The van der Waals surface area contributed by atoms with Gasteiger partial charge in [0, 0.05) is 29.7 Å². The normalized spacial score (nSPS) is 14.0. The van der Waals surface area contributed by atoms with Gasteiger partial charge in [-0.25, -0.2) is 9.79 Å². The smallest absolute Gasteiger partial charge is 0.363 e. The third-order valence-electron chi connectivity index (χ3n) is 4.94. The molecule has 8 heteroatoms. The highest BCUT2D eigenvalue weighted by Crippen LogP contribution is 2.29. The zero-order valence-electron chi connectivity index (χ0n) is 18.5. The lowest BCUT2D eigenvalue weighted by Gasteiger charge is -2.10. The predicted octanol–water partition coefficient (Wildman–Crippen LogP) is 5.10. The monoisotopic (exact) mass is 458 g/mol. The minimum atomic E-state index is -0.634. The molecule has 0 bridgehead atoms. The maximum atomic E-state index is 12.4. The Bertz CT molecular complexity index is 1270. The van der Waals surface area contributed by atoms with Crippen molar-refractivity contribution in [3.8, 4) is 11.5 Å². The molecule has 3 aromatic rings. The molecule has 1 heterocycles. The average Bonchev–Trinajstić information content (AvgIpc) is 3.20. The molecule has 1 aliphatic rings. The minimum absolute atomic E-state index is 0.0364. The Morgan fingerprint density at radius 3 is 2.56 bits per heavy atom. The van der Waals surface area contributed by atoms with Crippen LogP contribution in [0.2, 0.25) is 0 Å². The summed E-state index contributed by atoms with van der Waals surface area (Å²) in [6.07, 6.45) is 2.04. The molecule has 0 fully saturated rings. The van der Waals surface area contributed by atoms with E-state index in [1.807, 2.05) is 55.5 Å².